The highest BCUT2D eigenvalue weighted by Crippen LogP contribution is 2.23. The molecule has 0 radical (unpaired) electrons. The second kappa shape index (κ2) is 13.3. The van der Waals surface area contributed by atoms with Crippen molar-refractivity contribution in [3.05, 3.63) is 71.6 Å². The molecule has 1 aromatic heterocycles. The maximum Gasteiger partial charge on any atom is 0.226 e. The lowest BCUT2D eigenvalue weighted by atomic mass is 10.1. The lowest BCUT2D eigenvalue weighted by Crippen LogP contribution is -2.36. The Kier molecular flexibility index (Phi) is 10.2. The summed E-state index contributed by atoms with van der Waals surface area (Å²) in [5, 5.41) is 6.63. The van der Waals surface area contributed by atoms with E-state index >= 15 is 0 Å². The van der Waals surface area contributed by atoms with Gasteiger partial charge >= 0.3 is 0 Å². The smallest absolute Gasteiger partial charge is 0.226 e. The van der Waals surface area contributed by atoms with Crippen LogP contribution in [0.3, 0.4) is 0 Å². The zero-order valence-electron chi connectivity index (χ0n) is 19.8. The molecule has 2 aromatic carbocycles. The number of hydrogen-bond donors (Lipinski definition) is 2. The molecular weight excluding hydrogens is 543 g/mol. The first-order valence-corrected chi connectivity index (χ1v) is 11.5. The highest BCUT2D eigenvalue weighted by molar-refractivity contribution is 14.0. The standard InChI is InChI=1S/C26H32N4O3.HI/c1-3-27-26(29-15-23-18-33-25(30-23)21-7-5-4-6-8-21)28-14-22-10-9-19(2)13-24(22)32-17-20-11-12-31-16-20;/h4-10,13,18,20H,3,11-12,14-17H2,1-2H3,(H2,27,28,29);1H. The molecule has 1 unspecified atom stereocenters. The Balaban J connectivity index is 0.00000324. The lowest BCUT2D eigenvalue weighted by Gasteiger charge is -2.15. The molecule has 4 rings (SSSR count). The number of aliphatic imine (C=N–C) groups is 1. The van der Waals surface area contributed by atoms with E-state index in [2.05, 4.69) is 40.7 Å². The first-order valence-electron chi connectivity index (χ1n) is 11.5. The zero-order valence-corrected chi connectivity index (χ0v) is 22.1. The number of benzene rings is 2. The first-order chi connectivity index (χ1) is 16.2. The highest BCUT2D eigenvalue weighted by Gasteiger charge is 2.17. The second-order valence-corrected chi connectivity index (χ2v) is 8.21. The normalized spacial score (nSPS) is 15.6. The molecule has 1 aliphatic heterocycles. The van der Waals surface area contributed by atoms with Gasteiger partial charge in [-0.15, -0.1) is 24.0 Å². The van der Waals surface area contributed by atoms with Crippen LogP contribution in [0.25, 0.3) is 11.5 Å². The van der Waals surface area contributed by atoms with Crippen molar-refractivity contribution in [1.29, 1.82) is 0 Å². The van der Waals surface area contributed by atoms with Gasteiger partial charge < -0.3 is 24.5 Å². The quantitative estimate of drug-likeness (QED) is 0.214. The monoisotopic (exact) mass is 576 g/mol. The summed E-state index contributed by atoms with van der Waals surface area (Å²) in [7, 11) is 0. The van der Waals surface area contributed by atoms with E-state index in [1.807, 2.05) is 37.3 Å². The fourth-order valence-corrected chi connectivity index (χ4v) is 3.63. The predicted octanol–water partition coefficient (Wildman–Crippen LogP) is 4.94. The van der Waals surface area contributed by atoms with Crippen molar-refractivity contribution in [1.82, 2.24) is 15.6 Å². The van der Waals surface area contributed by atoms with Crippen molar-refractivity contribution in [3.63, 3.8) is 0 Å². The fourth-order valence-electron chi connectivity index (χ4n) is 3.63. The number of guanidine groups is 1. The minimum Gasteiger partial charge on any atom is -0.493 e. The molecule has 1 saturated heterocycles. The molecule has 0 amide bonds. The molecule has 8 heteroatoms. The van der Waals surface area contributed by atoms with Crippen molar-refractivity contribution in [2.24, 2.45) is 10.9 Å². The molecule has 2 N–H and O–H groups in total. The molecule has 0 saturated carbocycles. The molecule has 0 spiro atoms. The van der Waals surface area contributed by atoms with Crippen LogP contribution in [-0.4, -0.2) is 37.3 Å². The van der Waals surface area contributed by atoms with E-state index in [-0.39, 0.29) is 24.0 Å². The molecule has 0 bridgehead atoms. The van der Waals surface area contributed by atoms with Gasteiger partial charge in [-0.1, -0.05) is 30.3 Å². The molecule has 1 fully saturated rings. The number of halogens is 1. The minimum absolute atomic E-state index is 0. The molecular formula is C26H33IN4O3. The topological polar surface area (TPSA) is 80.9 Å². The number of aryl methyl sites for hydroxylation is 1. The Morgan fingerprint density at radius 1 is 1.18 bits per heavy atom. The third-order valence-electron chi connectivity index (χ3n) is 5.48. The van der Waals surface area contributed by atoms with Crippen molar-refractivity contribution in [3.8, 4) is 17.2 Å². The highest BCUT2D eigenvalue weighted by atomic mass is 127. The van der Waals surface area contributed by atoms with Crippen molar-refractivity contribution >= 4 is 29.9 Å². The van der Waals surface area contributed by atoms with E-state index in [1.165, 1.54) is 5.56 Å². The Labute approximate surface area is 218 Å². The van der Waals surface area contributed by atoms with Crippen LogP contribution in [0, 0.1) is 12.8 Å². The summed E-state index contributed by atoms with van der Waals surface area (Å²) >= 11 is 0. The van der Waals surface area contributed by atoms with Crippen molar-refractivity contribution in [2.45, 2.75) is 33.4 Å². The van der Waals surface area contributed by atoms with Gasteiger partial charge in [-0.05, 0) is 44.0 Å². The summed E-state index contributed by atoms with van der Waals surface area (Å²) in [5.74, 6) is 2.69. The third kappa shape index (κ3) is 7.46. The van der Waals surface area contributed by atoms with Crippen LogP contribution in [0.1, 0.15) is 30.2 Å². The Morgan fingerprint density at radius 2 is 2.03 bits per heavy atom. The molecule has 1 aliphatic rings. The van der Waals surface area contributed by atoms with E-state index in [0.29, 0.717) is 31.5 Å². The summed E-state index contributed by atoms with van der Waals surface area (Å²) in [6.07, 6.45) is 2.74. The second-order valence-electron chi connectivity index (χ2n) is 8.21. The first kappa shape index (κ1) is 26.0. The zero-order chi connectivity index (χ0) is 22.9. The lowest BCUT2D eigenvalue weighted by molar-refractivity contribution is 0.166. The van der Waals surface area contributed by atoms with E-state index in [0.717, 1.165) is 54.7 Å². The number of aromatic nitrogens is 1. The molecule has 7 nitrogen and oxygen atoms in total. The third-order valence-corrected chi connectivity index (χ3v) is 5.48. The fraction of sp³-hybridized carbons (Fsp3) is 0.385. The Bertz CT molecular complexity index is 1050. The number of hydrogen-bond acceptors (Lipinski definition) is 5. The van der Waals surface area contributed by atoms with Gasteiger partial charge in [0, 0.05) is 30.2 Å². The summed E-state index contributed by atoms with van der Waals surface area (Å²) in [4.78, 5) is 9.34. The molecule has 3 aromatic rings. The summed E-state index contributed by atoms with van der Waals surface area (Å²) in [6, 6.07) is 16.1. The number of ether oxygens (including phenoxy) is 2. The van der Waals surface area contributed by atoms with E-state index < -0.39 is 0 Å². The molecule has 1 atom stereocenters. The summed E-state index contributed by atoms with van der Waals surface area (Å²) in [5.41, 5.74) is 4.01. The molecule has 2 heterocycles. The number of nitrogens with one attached hydrogen (secondary N) is 2. The van der Waals surface area contributed by atoms with Crippen LogP contribution in [-0.2, 0) is 17.8 Å². The summed E-state index contributed by atoms with van der Waals surface area (Å²) in [6.45, 7) is 8.20. The van der Waals surface area contributed by atoms with E-state index in [1.54, 1.807) is 6.26 Å². The number of rotatable bonds is 9. The maximum atomic E-state index is 6.16. The Morgan fingerprint density at radius 3 is 2.79 bits per heavy atom. The maximum absolute atomic E-state index is 6.16. The van der Waals surface area contributed by atoms with Crippen LogP contribution in [0.2, 0.25) is 0 Å². The van der Waals surface area contributed by atoms with Gasteiger partial charge in [0.1, 0.15) is 12.0 Å². The number of oxazole rings is 1. The largest absolute Gasteiger partial charge is 0.493 e. The van der Waals surface area contributed by atoms with Gasteiger partial charge in [0.2, 0.25) is 5.89 Å². The predicted molar refractivity (Wildman–Crippen MR) is 145 cm³/mol. The van der Waals surface area contributed by atoms with Crippen LogP contribution < -0.4 is 15.4 Å². The van der Waals surface area contributed by atoms with Crippen LogP contribution in [0.15, 0.2) is 64.2 Å². The van der Waals surface area contributed by atoms with Crippen molar-refractivity contribution < 1.29 is 13.9 Å². The van der Waals surface area contributed by atoms with Gasteiger partial charge in [-0.2, -0.15) is 0 Å². The average Bonchev–Trinajstić information content (AvgIpc) is 3.53. The molecule has 0 aliphatic carbocycles. The van der Waals surface area contributed by atoms with Crippen molar-refractivity contribution in [2.75, 3.05) is 26.4 Å². The average molecular weight is 576 g/mol. The van der Waals surface area contributed by atoms with Crippen LogP contribution in [0.5, 0.6) is 5.75 Å². The summed E-state index contributed by atoms with van der Waals surface area (Å²) < 4.78 is 17.3. The molecule has 182 valence electrons. The van der Waals surface area contributed by atoms with Gasteiger partial charge in [0.05, 0.1) is 32.0 Å². The SMILES string of the molecule is CCNC(=NCc1ccc(C)cc1OCC1CCOC1)NCc1coc(-c2ccccc2)n1.I. The van der Waals surface area contributed by atoms with Gasteiger partial charge in [0.25, 0.3) is 0 Å². The minimum atomic E-state index is 0. The van der Waals surface area contributed by atoms with E-state index in [4.69, 9.17) is 18.9 Å². The van der Waals surface area contributed by atoms with Gasteiger partial charge in [0.15, 0.2) is 5.96 Å². The molecule has 34 heavy (non-hydrogen) atoms. The van der Waals surface area contributed by atoms with Crippen LogP contribution >= 0.6 is 24.0 Å². The van der Waals surface area contributed by atoms with Gasteiger partial charge in [-0.3, -0.25) is 0 Å². The van der Waals surface area contributed by atoms with Gasteiger partial charge in [-0.25, -0.2) is 9.98 Å². The number of nitrogens with zero attached hydrogens (tertiary/aromatic N) is 2. The van der Waals surface area contributed by atoms with Crippen LogP contribution in [0.4, 0.5) is 0 Å². The van der Waals surface area contributed by atoms with E-state index in [9.17, 15) is 0 Å². The Hall–Kier alpha value is -2.59.